The Morgan fingerprint density at radius 2 is 1.92 bits per heavy atom. The molecule has 25 heavy (non-hydrogen) atoms. The van der Waals surface area contributed by atoms with Crippen molar-refractivity contribution in [1.29, 1.82) is 0 Å². The average Bonchev–Trinajstić information content (AvgIpc) is 2.60. The quantitative estimate of drug-likeness (QED) is 0.685. The molecular weight excluding hydrogens is 318 g/mol. The lowest BCUT2D eigenvalue weighted by molar-refractivity contribution is -0.132. The number of amides is 1. The molecule has 0 aliphatic carbocycles. The van der Waals surface area contributed by atoms with Crippen LogP contribution in [0.5, 0.6) is 5.75 Å². The number of rotatable bonds is 8. The van der Waals surface area contributed by atoms with Gasteiger partial charge in [-0.2, -0.15) is 0 Å². The summed E-state index contributed by atoms with van der Waals surface area (Å²) in [5.41, 5.74) is 1.95. The minimum Gasteiger partial charge on any atom is -0.483 e. The maximum absolute atomic E-state index is 12.1. The Balaban J connectivity index is 2.30. The number of fused-ring (bicyclic) bond motifs is 1. The molecule has 2 rings (SSSR count). The van der Waals surface area contributed by atoms with E-state index < -0.39 is 0 Å². The molecule has 0 N–H and O–H groups in total. The van der Waals surface area contributed by atoms with Crippen LogP contribution in [0.2, 0.25) is 0 Å². The Bertz CT molecular complexity index is 790. The molecule has 1 aromatic carbocycles. The molecule has 0 bridgehead atoms. The predicted molar refractivity (Wildman–Crippen MR) is 99.3 cm³/mol. The highest BCUT2D eigenvalue weighted by Crippen LogP contribution is 2.29. The summed E-state index contributed by atoms with van der Waals surface area (Å²) in [5.74, 6) is 0.520. The van der Waals surface area contributed by atoms with Gasteiger partial charge in [0.1, 0.15) is 11.3 Å². The fourth-order valence-electron chi connectivity index (χ4n) is 2.95. The summed E-state index contributed by atoms with van der Waals surface area (Å²) >= 11 is 0. The number of nitrogens with zero attached hydrogens (tertiary/aromatic N) is 1. The van der Waals surface area contributed by atoms with Gasteiger partial charge in [0.25, 0.3) is 5.91 Å². The highest BCUT2D eigenvalue weighted by molar-refractivity contribution is 5.85. The molecule has 1 aromatic heterocycles. The van der Waals surface area contributed by atoms with Crippen LogP contribution in [-0.2, 0) is 11.2 Å². The van der Waals surface area contributed by atoms with Crippen LogP contribution in [0.1, 0.15) is 44.7 Å². The third kappa shape index (κ3) is 4.41. The van der Waals surface area contributed by atoms with Crippen molar-refractivity contribution in [3.05, 3.63) is 39.7 Å². The molecule has 0 fully saturated rings. The summed E-state index contributed by atoms with van der Waals surface area (Å²) in [7, 11) is 0. The molecule has 0 unspecified atom stereocenters. The molecular formula is C20H27NO4. The Morgan fingerprint density at radius 3 is 2.56 bits per heavy atom. The van der Waals surface area contributed by atoms with Crippen molar-refractivity contribution in [2.75, 3.05) is 19.7 Å². The van der Waals surface area contributed by atoms with E-state index in [0.29, 0.717) is 24.4 Å². The fourth-order valence-corrected chi connectivity index (χ4v) is 2.95. The minimum absolute atomic E-state index is 0.0201. The second-order valence-corrected chi connectivity index (χ2v) is 6.11. The largest absolute Gasteiger partial charge is 0.483 e. The zero-order valence-corrected chi connectivity index (χ0v) is 15.6. The SMILES string of the molecule is CCCCc1cc(=O)oc2c(C)c(OCC(=O)N(CC)CC)ccc12. The molecule has 0 aliphatic rings. The van der Waals surface area contributed by atoms with E-state index in [2.05, 4.69) is 6.92 Å². The molecule has 136 valence electrons. The van der Waals surface area contributed by atoms with Gasteiger partial charge in [0.15, 0.2) is 6.61 Å². The Labute approximate surface area is 148 Å². The van der Waals surface area contributed by atoms with Crippen LogP contribution in [-0.4, -0.2) is 30.5 Å². The van der Waals surface area contributed by atoms with Crippen molar-refractivity contribution < 1.29 is 13.9 Å². The Morgan fingerprint density at radius 1 is 1.20 bits per heavy atom. The molecule has 0 spiro atoms. The topological polar surface area (TPSA) is 59.8 Å². The maximum Gasteiger partial charge on any atom is 0.336 e. The van der Waals surface area contributed by atoms with E-state index in [4.69, 9.17) is 9.15 Å². The summed E-state index contributed by atoms with van der Waals surface area (Å²) in [6.45, 7) is 9.15. The van der Waals surface area contributed by atoms with Crippen LogP contribution in [0.3, 0.4) is 0 Å². The van der Waals surface area contributed by atoms with Gasteiger partial charge in [-0.25, -0.2) is 4.79 Å². The van der Waals surface area contributed by atoms with Crippen molar-refractivity contribution in [1.82, 2.24) is 4.90 Å². The van der Waals surface area contributed by atoms with E-state index in [1.165, 1.54) is 0 Å². The first-order valence-electron chi connectivity index (χ1n) is 8.98. The molecule has 0 radical (unpaired) electrons. The number of carbonyl (C=O) groups excluding carboxylic acids is 1. The first kappa shape index (κ1) is 19.0. The highest BCUT2D eigenvalue weighted by atomic mass is 16.5. The number of hydrogen-bond donors (Lipinski definition) is 0. The van der Waals surface area contributed by atoms with Crippen molar-refractivity contribution in [3.63, 3.8) is 0 Å². The standard InChI is InChI=1S/C20H27NO4/c1-5-8-9-15-12-19(23)25-20-14(4)17(11-10-16(15)20)24-13-18(22)21(6-2)7-3/h10-12H,5-9,13H2,1-4H3. The minimum atomic E-state index is -0.349. The van der Waals surface area contributed by atoms with E-state index in [1.807, 2.05) is 32.9 Å². The molecule has 5 nitrogen and oxygen atoms in total. The molecule has 1 amide bonds. The number of carbonyl (C=O) groups is 1. The Hall–Kier alpha value is -2.30. The van der Waals surface area contributed by atoms with Gasteiger partial charge in [-0.1, -0.05) is 13.3 Å². The Kier molecular flexibility index (Phi) is 6.62. The molecule has 2 aromatic rings. The predicted octanol–water partition coefficient (Wildman–Crippen LogP) is 3.69. The number of hydrogen-bond acceptors (Lipinski definition) is 4. The first-order chi connectivity index (χ1) is 12.0. The molecule has 0 saturated carbocycles. The molecule has 1 heterocycles. The van der Waals surface area contributed by atoms with Gasteiger partial charge in [-0.15, -0.1) is 0 Å². The van der Waals surface area contributed by atoms with Crippen LogP contribution in [0.4, 0.5) is 0 Å². The normalized spacial score (nSPS) is 10.9. The summed E-state index contributed by atoms with van der Waals surface area (Å²) < 4.78 is 11.1. The average molecular weight is 345 g/mol. The van der Waals surface area contributed by atoms with E-state index in [-0.39, 0.29) is 18.1 Å². The zero-order valence-electron chi connectivity index (χ0n) is 15.6. The van der Waals surface area contributed by atoms with Gasteiger partial charge >= 0.3 is 5.63 Å². The second kappa shape index (κ2) is 8.70. The van der Waals surface area contributed by atoms with Gasteiger partial charge in [0.05, 0.1) is 0 Å². The lowest BCUT2D eigenvalue weighted by atomic mass is 10.0. The van der Waals surface area contributed by atoms with Gasteiger partial charge in [-0.05, 0) is 51.3 Å². The van der Waals surface area contributed by atoms with Crippen molar-refractivity contribution >= 4 is 16.9 Å². The number of likely N-dealkylation sites (N-methyl/N-ethyl adjacent to an activating group) is 1. The van der Waals surface area contributed by atoms with Gasteiger partial charge in [-0.3, -0.25) is 4.79 Å². The number of benzene rings is 1. The number of ether oxygens (including phenoxy) is 1. The van der Waals surface area contributed by atoms with Crippen molar-refractivity contribution in [3.8, 4) is 5.75 Å². The van der Waals surface area contributed by atoms with Gasteiger partial charge < -0.3 is 14.1 Å². The molecule has 5 heteroatoms. The fraction of sp³-hybridized carbons (Fsp3) is 0.500. The van der Waals surface area contributed by atoms with E-state index >= 15 is 0 Å². The molecule has 0 saturated heterocycles. The zero-order chi connectivity index (χ0) is 18.4. The summed E-state index contributed by atoms with van der Waals surface area (Å²) in [4.78, 5) is 25.7. The summed E-state index contributed by atoms with van der Waals surface area (Å²) in [6.07, 6.45) is 2.93. The summed E-state index contributed by atoms with van der Waals surface area (Å²) in [6, 6.07) is 5.33. The summed E-state index contributed by atoms with van der Waals surface area (Å²) in [5, 5.41) is 0.938. The lowest BCUT2D eigenvalue weighted by Crippen LogP contribution is -2.34. The van der Waals surface area contributed by atoms with E-state index in [0.717, 1.165) is 35.8 Å². The third-order valence-electron chi connectivity index (χ3n) is 4.46. The lowest BCUT2D eigenvalue weighted by Gasteiger charge is -2.19. The number of unbranched alkanes of at least 4 members (excludes halogenated alkanes) is 1. The van der Waals surface area contributed by atoms with Crippen LogP contribution >= 0.6 is 0 Å². The van der Waals surface area contributed by atoms with Crippen LogP contribution in [0, 0.1) is 6.92 Å². The van der Waals surface area contributed by atoms with Crippen LogP contribution < -0.4 is 10.4 Å². The van der Waals surface area contributed by atoms with Crippen molar-refractivity contribution in [2.24, 2.45) is 0 Å². The van der Waals surface area contributed by atoms with Crippen molar-refractivity contribution in [2.45, 2.75) is 47.0 Å². The molecule has 0 aliphatic heterocycles. The van der Waals surface area contributed by atoms with E-state index in [1.54, 1.807) is 11.0 Å². The molecule has 0 atom stereocenters. The monoisotopic (exact) mass is 345 g/mol. The van der Waals surface area contributed by atoms with Crippen LogP contribution in [0.15, 0.2) is 27.4 Å². The van der Waals surface area contributed by atoms with Gasteiger partial charge in [0, 0.05) is 30.1 Å². The highest BCUT2D eigenvalue weighted by Gasteiger charge is 2.14. The smallest absolute Gasteiger partial charge is 0.336 e. The van der Waals surface area contributed by atoms with E-state index in [9.17, 15) is 9.59 Å². The third-order valence-corrected chi connectivity index (χ3v) is 4.46. The second-order valence-electron chi connectivity index (χ2n) is 6.11. The number of aryl methyl sites for hydroxylation is 2. The maximum atomic E-state index is 12.1. The van der Waals surface area contributed by atoms with Gasteiger partial charge in [0.2, 0.25) is 0 Å². The first-order valence-corrected chi connectivity index (χ1v) is 8.98. The van der Waals surface area contributed by atoms with Crippen LogP contribution in [0.25, 0.3) is 11.0 Å².